The van der Waals surface area contributed by atoms with E-state index in [1.54, 1.807) is 24.3 Å². The molecule has 0 saturated carbocycles. The number of hydrogen-bond donors (Lipinski definition) is 1. The van der Waals surface area contributed by atoms with Gasteiger partial charge in [-0.2, -0.15) is 0 Å². The summed E-state index contributed by atoms with van der Waals surface area (Å²) >= 11 is 12.2. The second-order valence-electron chi connectivity index (χ2n) is 8.72. The van der Waals surface area contributed by atoms with Crippen LogP contribution in [-0.2, 0) is 32.6 Å². The minimum Gasteiger partial charge on any atom is -0.357 e. The Labute approximate surface area is 231 Å². The first-order valence-corrected chi connectivity index (χ1v) is 14.0. The Morgan fingerprint density at radius 2 is 1.63 bits per heavy atom. The molecule has 0 bridgehead atoms. The quantitative estimate of drug-likeness (QED) is 0.418. The predicted octanol–water partition coefficient (Wildman–Crippen LogP) is 3.91. The predicted molar refractivity (Wildman–Crippen MR) is 144 cm³/mol. The van der Waals surface area contributed by atoms with Gasteiger partial charge in [-0.15, -0.1) is 0 Å². The fourth-order valence-corrected chi connectivity index (χ4v) is 6.24. The Morgan fingerprint density at radius 3 is 2.29 bits per heavy atom. The Hall–Kier alpha value is -3.40. The van der Waals surface area contributed by atoms with E-state index in [2.05, 4.69) is 5.32 Å². The molecule has 1 aliphatic rings. The van der Waals surface area contributed by atoms with E-state index < -0.39 is 27.9 Å². The molecule has 3 amide bonds. The fourth-order valence-electron chi connectivity index (χ4n) is 4.35. The molecule has 0 aromatic heterocycles. The van der Waals surface area contributed by atoms with Gasteiger partial charge in [0.15, 0.2) is 0 Å². The van der Waals surface area contributed by atoms with E-state index in [0.29, 0.717) is 19.9 Å². The highest BCUT2D eigenvalue weighted by Crippen LogP contribution is 2.30. The highest BCUT2D eigenvalue weighted by molar-refractivity contribution is 7.90. The Morgan fingerprint density at radius 1 is 0.947 bits per heavy atom. The average molecular weight is 574 g/mol. The molecule has 8 nitrogen and oxygen atoms in total. The van der Waals surface area contributed by atoms with Crippen LogP contribution in [0.2, 0.25) is 10.0 Å². The second-order valence-corrected chi connectivity index (χ2v) is 11.4. The molecular weight excluding hydrogens is 549 g/mol. The van der Waals surface area contributed by atoms with Crippen LogP contribution in [0.25, 0.3) is 0 Å². The zero-order chi connectivity index (χ0) is 27.4. The van der Waals surface area contributed by atoms with Gasteiger partial charge in [0.1, 0.15) is 10.9 Å². The van der Waals surface area contributed by atoms with Gasteiger partial charge in [0, 0.05) is 33.0 Å². The number of carbonyl (C=O) groups is 3. The summed E-state index contributed by atoms with van der Waals surface area (Å²) in [6.45, 7) is -0.347. The average Bonchev–Trinajstić information content (AvgIpc) is 3.11. The molecule has 0 spiro atoms. The van der Waals surface area contributed by atoms with Gasteiger partial charge in [0.2, 0.25) is 11.8 Å². The third kappa shape index (κ3) is 5.70. The molecule has 1 atom stereocenters. The largest absolute Gasteiger partial charge is 0.357 e. The van der Waals surface area contributed by atoms with E-state index in [4.69, 9.17) is 23.2 Å². The monoisotopic (exact) mass is 573 g/mol. The minimum absolute atomic E-state index is 0.0154. The lowest BCUT2D eigenvalue weighted by molar-refractivity contribution is -0.141. The van der Waals surface area contributed by atoms with Crippen molar-refractivity contribution in [1.82, 2.24) is 14.5 Å². The van der Waals surface area contributed by atoms with Crippen molar-refractivity contribution in [1.29, 1.82) is 0 Å². The number of amides is 3. The van der Waals surface area contributed by atoms with E-state index in [0.717, 1.165) is 5.56 Å². The highest BCUT2D eigenvalue weighted by Gasteiger charge is 2.41. The van der Waals surface area contributed by atoms with Crippen LogP contribution < -0.4 is 5.32 Å². The van der Waals surface area contributed by atoms with Crippen LogP contribution in [0.15, 0.2) is 77.7 Å². The van der Waals surface area contributed by atoms with Crippen LogP contribution in [0, 0.1) is 0 Å². The van der Waals surface area contributed by atoms with Crippen molar-refractivity contribution in [2.75, 3.05) is 13.6 Å². The van der Waals surface area contributed by atoms with E-state index in [1.807, 2.05) is 30.3 Å². The number of hydrogen-bond acceptors (Lipinski definition) is 5. The third-order valence-corrected chi connectivity index (χ3v) is 8.87. The molecule has 0 fully saturated rings. The molecule has 1 N–H and O–H groups in total. The molecule has 0 unspecified atom stereocenters. The van der Waals surface area contributed by atoms with Gasteiger partial charge in [0.25, 0.3) is 15.9 Å². The van der Waals surface area contributed by atoms with Crippen molar-refractivity contribution in [2.24, 2.45) is 0 Å². The van der Waals surface area contributed by atoms with Gasteiger partial charge >= 0.3 is 0 Å². The maximum atomic E-state index is 13.7. The van der Waals surface area contributed by atoms with Gasteiger partial charge in [-0.05, 0) is 35.4 Å². The van der Waals surface area contributed by atoms with Crippen molar-refractivity contribution in [3.05, 3.63) is 99.5 Å². The minimum atomic E-state index is -4.07. The molecule has 0 radical (unpaired) electrons. The molecule has 1 heterocycles. The molecule has 3 aromatic carbocycles. The molecule has 0 saturated heterocycles. The highest BCUT2D eigenvalue weighted by atomic mass is 35.5. The van der Waals surface area contributed by atoms with Crippen LogP contribution in [0.5, 0.6) is 0 Å². The SMILES string of the molecule is CNC(=O)[C@H](Cc1ccccc1)N(Cc1ccc(Cl)c(Cl)c1)C(=O)CCN1C(=O)c2ccccc2S1(=O)=O. The summed E-state index contributed by atoms with van der Waals surface area (Å²) in [6.07, 6.45) is -0.0947. The number of nitrogens with one attached hydrogen (secondary N) is 1. The topological polar surface area (TPSA) is 104 Å². The summed E-state index contributed by atoms with van der Waals surface area (Å²) in [5, 5.41) is 3.26. The molecule has 0 aliphatic carbocycles. The summed E-state index contributed by atoms with van der Waals surface area (Å²) in [5.74, 6) is -1.57. The van der Waals surface area contributed by atoms with Crippen LogP contribution in [0.1, 0.15) is 27.9 Å². The lowest BCUT2D eigenvalue weighted by Gasteiger charge is -2.31. The first kappa shape index (κ1) is 27.6. The van der Waals surface area contributed by atoms with Gasteiger partial charge in [-0.25, -0.2) is 12.7 Å². The number of sulfonamides is 1. The number of nitrogens with zero attached hydrogens (tertiary/aromatic N) is 2. The summed E-state index contributed by atoms with van der Waals surface area (Å²) in [7, 11) is -2.59. The first-order valence-electron chi connectivity index (χ1n) is 11.8. The lowest BCUT2D eigenvalue weighted by Crippen LogP contribution is -2.50. The fraction of sp³-hybridized carbons (Fsp3) is 0.222. The van der Waals surface area contributed by atoms with E-state index >= 15 is 0 Å². The first-order chi connectivity index (χ1) is 18.1. The molecular formula is C27H25Cl2N3O5S. The summed E-state index contributed by atoms with van der Waals surface area (Å²) in [4.78, 5) is 40.8. The van der Waals surface area contributed by atoms with Crippen molar-refractivity contribution in [2.45, 2.75) is 30.3 Å². The Bertz CT molecular complexity index is 1480. The van der Waals surface area contributed by atoms with Crippen LogP contribution >= 0.6 is 23.2 Å². The Balaban J connectivity index is 1.63. The molecule has 11 heteroatoms. The van der Waals surface area contributed by atoms with E-state index in [1.165, 1.54) is 30.1 Å². The van der Waals surface area contributed by atoms with Gasteiger partial charge in [-0.1, -0.05) is 71.7 Å². The molecule has 4 rings (SSSR count). The maximum Gasteiger partial charge on any atom is 0.269 e. The standard InChI is InChI=1S/C27H25Cl2N3O5S/c1-30-26(34)23(16-18-7-3-2-4-8-18)31(17-19-11-12-21(28)22(29)15-19)25(33)13-14-32-27(35)20-9-5-6-10-24(20)38(32,36)37/h2-12,15,23H,13-14,16-17H2,1H3,(H,30,34)/t23-/m0/s1. The smallest absolute Gasteiger partial charge is 0.269 e. The molecule has 198 valence electrons. The van der Waals surface area contributed by atoms with Crippen molar-refractivity contribution in [3.63, 3.8) is 0 Å². The second kappa shape index (κ2) is 11.6. The van der Waals surface area contributed by atoms with E-state index in [9.17, 15) is 22.8 Å². The summed E-state index contributed by atoms with van der Waals surface area (Å²) in [6, 6.07) is 19.1. The lowest BCUT2D eigenvalue weighted by atomic mass is 10.0. The van der Waals surface area contributed by atoms with Gasteiger partial charge in [-0.3, -0.25) is 14.4 Å². The van der Waals surface area contributed by atoms with Crippen molar-refractivity contribution < 1.29 is 22.8 Å². The maximum absolute atomic E-state index is 13.7. The number of fused-ring (bicyclic) bond motifs is 1. The van der Waals surface area contributed by atoms with Gasteiger partial charge in [0.05, 0.1) is 15.6 Å². The molecule has 1 aliphatic heterocycles. The van der Waals surface area contributed by atoms with Crippen LogP contribution in [-0.4, -0.2) is 55.0 Å². The number of halogens is 2. The molecule has 3 aromatic rings. The summed E-state index contributed by atoms with van der Waals surface area (Å²) < 4.78 is 26.6. The zero-order valence-electron chi connectivity index (χ0n) is 20.4. The number of rotatable bonds is 9. The number of likely N-dealkylation sites (N-methyl/N-ethyl adjacent to an activating group) is 1. The van der Waals surface area contributed by atoms with Crippen molar-refractivity contribution >= 4 is 50.9 Å². The van der Waals surface area contributed by atoms with Crippen LogP contribution in [0.3, 0.4) is 0 Å². The van der Waals surface area contributed by atoms with E-state index in [-0.39, 0.29) is 42.3 Å². The van der Waals surface area contributed by atoms with Gasteiger partial charge < -0.3 is 10.2 Å². The normalized spacial score (nSPS) is 14.6. The summed E-state index contributed by atoms with van der Waals surface area (Å²) in [5.41, 5.74) is 1.53. The number of carbonyl (C=O) groups excluding carboxylic acids is 3. The third-order valence-electron chi connectivity index (χ3n) is 6.30. The Kier molecular flexibility index (Phi) is 8.40. The number of benzene rings is 3. The van der Waals surface area contributed by atoms with Crippen LogP contribution in [0.4, 0.5) is 0 Å². The molecule has 38 heavy (non-hydrogen) atoms. The zero-order valence-corrected chi connectivity index (χ0v) is 22.8. The van der Waals surface area contributed by atoms with Crippen molar-refractivity contribution in [3.8, 4) is 0 Å².